The number of aliphatic hydroxyl groups is 1. The first-order valence-corrected chi connectivity index (χ1v) is 11.3. The lowest BCUT2D eigenvalue weighted by molar-refractivity contribution is -0.132. The lowest BCUT2D eigenvalue weighted by atomic mass is 9.99. The molecule has 0 saturated carbocycles. The van der Waals surface area contributed by atoms with Crippen molar-refractivity contribution in [3.05, 3.63) is 47.9 Å². The van der Waals surface area contributed by atoms with Crippen LogP contribution in [0.25, 0.3) is 11.1 Å². The van der Waals surface area contributed by atoms with Gasteiger partial charge in [0.05, 0.1) is 25.7 Å². The molecule has 2 amide bonds. The van der Waals surface area contributed by atoms with Crippen molar-refractivity contribution in [2.24, 2.45) is 5.92 Å². The molecule has 9 heteroatoms. The summed E-state index contributed by atoms with van der Waals surface area (Å²) in [7, 11) is 5.39. The van der Waals surface area contributed by atoms with Crippen molar-refractivity contribution in [2.75, 3.05) is 47.4 Å². The van der Waals surface area contributed by atoms with Gasteiger partial charge in [-0.3, -0.25) is 9.59 Å². The molecule has 0 spiro atoms. The molecule has 3 rings (SSSR count). The Balaban J connectivity index is 1.98. The highest BCUT2D eigenvalue weighted by molar-refractivity contribution is 5.98. The predicted octanol–water partition coefficient (Wildman–Crippen LogP) is 2.13. The molecule has 8 nitrogen and oxygen atoms in total. The van der Waals surface area contributed by atoms with Crippen molar-refractivity contribution in [1.82, 2.24) is 19.7 Å². The van der Waals surface area contributed by atoms with Crippen molar-refractivity contribution in [3.63, 3.8) is 0 Å². The van der Waals surface area contributed by atoms with E-state index in [0.717, 1.165) is 0 Å². The van der Waals surface area contributed by atoms with Crippen molar-refractivity contribution in [2.45, 2.75) is 26.0 Å². The number of hydrogen-bond acceptors (Lipinski definition) is 6. The molecule has 0 radical (unpaired) electrons. The quantitative estimate of drug-likeness (QED) is 0.665. The fraction of sp³-hybridized carbons (Fsp3) is 0.480. The van der Waals surface area contributed by atoms with Gasteiger partial charge in [-0.05, 0) is 44.8 Å². The molecule has 1 aliphatic heterocycles. The summed E-state index contributed by atoms with van der Waals surface area (Å²) in [6.07, 6.45) is 1.17. The Hall–Kier alpha value is -3.04. The number of amides is 2. The van der Waals surface area contributed by atoms with E-state index in [1.807, 2.05) is 21.0 Å². The summed E-state index contributed by atoms with van der Waals surface area (Å²) in [6.45, 7) is 4.50. The Morgan fingerprint density at radius 1 is 1.26 bits per heavy atom. The maximum atomic E-state index is 13.5. The Labute approximate surface area is 199 Å². The van der Waals surface area contributed by atoms with Gasteiger partial charge >= 0.3 is 0 Å². The van der Waals surface area contributed by atoms with Crippen LogP contribution in [-0.2, 0) is 4.79 Å². The van der Waals surface area contributed by atoms with Gasteiger partial charge in [-0.2, -0.15) is 0 Å². The van der Waals surface area contributed by atoms with Crippen LogP contribution in [0.1, 0.15) is 24.2 Å². The predicted molar refractivity (Wildman–Crippen MR) is 127 cm³/mol. The molecule has 2 heterocycles. The van der Waals surface area contributed by atoms with Crippen LogP contribution in [0.4, 0.5) is 4.39 Å². The number of aliphatic hydroxyl groups excluding tert-OH is 1. The van der Waals surface area contributed by atoms with E-state index in [0.29, 0.717) is 24.2 Å². The normalized spacial score (nSPS) is 19.2. The minimum Gasteiger partial charge on any atom is -0.472 e. The second kappa shape index (κ2) is 10.9. The van der Waals surface area contributed by atoms with Crippen molar-refractivity contribution in [1.29, 1.82) is 0 Å². The summed E-state index contributed by atoms with van der Waals surface area (Å²) in [6, 6.07) is 7.22. The number of fused-ring (bicyclic) bond motifs is 1. The highest BCUT2D eigenvalue weighted by Crippen LogP contribution is 2.30. The molecule has 0 unspecified atom stereocenters. The Morgan fingerprint density at radius 2 is 1.94 bits per heavy atom. The molecule has 0 fully saturated rings. The second-order valence-corrected chi connectivity index (χ2v) is 9.22. The molecule has 1 aliphatic rings. The van der Waals surface area contributed by atoms with E-state index in [-0.39, 0.29) is 48.1 Å². The third-order valence-electron chi connectivity index (χ3n) is 6.03. The fourth-order valence-corrected chi connectivity index (χ4v) is 3.88. The number of halogens is 1. The van der Waals surface area contributed by atoms with Gasteiger partial charge in [0.25, 0.3) is 5.91 Å². The molecule has 1 aromatic carbocycles. The van der Waals surface area contributed by atoms with E-state index in [4.69, 9.17) is 4.74 Å². The van der Waals surface area contributed by atoms with Crippen LogP contribution >= 0.6 is 0 Å². The highest BCUT2D eigenvalue weighted by atomic mass is 19.1. The Kier molecular flexibility index (Phi) is 8.22. The SMILES string of the molecule is C[C@@H]1CN([C@@H](C)CO)C(=O)c2cc(-c3ccc(F)cc3)cnc2O[C@H]1CN(C)C(=O)CN(C)C. The lowest BCUT2D eigenvalue weighted by Crippen LogP contribution is -2.51. The number of likely N-dealkylation sites (N-methyl/N-ethyl adjacent to an activating group) is 2. The first-order chi connectivity index (χ1) is 16.1. The number of hydrogen-bond donors (Lipinski definition) is 1. The summed E-state index contributed by atoms with van der Waals surface area (Å²) in [5.41, 5.74) is 1.63. The number of carbonyl (C=O) groups excluding carboxylic acids is 2. The second-order valence-electron chi connectivity index (χ2n) is 9.22. The van der Waals surface area contributed by atoms with E-state index in [2.05, 4.69) is 4.98 Å². The van der Waals surface area contributed by atoms with E-state index >= 15 is 0 Å². The van der Waals surface area contributed by atoms with Gasteiger partial charge in [-0.25, -0.2) is 9.37 Å². The maximum absolute atomic E-state index is 13.5. The molecule has 34 heavy (non-hydrogen) atoms. The Morgan fingerprint density at radius 3 is 2.56 bits per heavy atom. The average molecular weight is 473 g/mol. The molecule has 2 aromatic rings. The summed E-state index contributed by atoms with van der Waals surface area (Å²) >= 11 is 0. The number of aromatic nitrogens is 1. The van der Waals surface area contributed by atoms with Gasteiger partial charge < -0.3 is 24.5 Å². The van der Waals surface area contributed by atoms with Crippen LogP contribution in [-0.4, -0.2) is 96.1 Å². The van der Waals surface area contributed by atoms with Gasteiger partial charge in [0.2, 0.25) is 11.8 Å². The van der Waals surface area contributed by atoms with E-state index in [1.54, 1.807) is 53.1 Å². The van der Waals surface area contributed by atoms with Crippen LogP contribution in [0.3, 0.4) is 0 Å². The van der Waals surface area contributed by atoms with Crippen molar-refractivity contribution in [3.8, 4) is 17.0 Å². The lowest BCUT2D eigenvalue weighted by Gasteiger charge is -2.37. The monoisotopic (exact) mass is 472 g/mol. The number of benzene rings is 1. The van der Waals surface area contributed by atoms with Crippen LogP contribution < -0.4 is 4.74 Å². The van der Waals surface area contributed by atoms with E-state index in [1.165, 1.54) is 12.1 Å². The fourth-order valence-electron chi connectivity index (χ4n) is 3.88. The van der Waals surface area contributed by atoms with Gasteiger partial charge in [0.1, 0.15) is 17.5 Å². The summed E-state index contributed by atoms with van der Waals surface area (Å²) in [4.78, 5) is 35.5. The first-order valence-electron chi connectivity index (χ1n) is 11.3. The topological polar surface area (TPSA) is 86.2 Å². The zero-order valence-electron chi connectivity index (χ0n) is 20.4. The van der Waals surface area contributed by atoms with Crippen molar-refractivity contribution >= 4 is 11.8 Å². The Bertz CT molecular complexity index is 1010. The number of pyridine rings is 1. The maximum Gasteiger partial charge on any atom is 0.259 e. The van der Waals surface area contributed by atoms with Crippen LogP contribution in [0.2, 0.25) is 0 Å². The molecule has 0 saturated heterocycles. The minimum atomic E-state index is -0.416. The van der Waals surface area contributed by atoms with Gasteiger partial charge in [-0.15, -0.1) is 0 Å². The van der Waals surface area contributed by atoms with Crippen molar-refractivity contribution < 1.29 is 23.8 Å². The molecular weight excluding hydrogens is 439 g/mol. The smallest absolute Gasteiger partial charge is 0.259 e. The molecule has 0 bridgehead atoms. The van der Waals surface area contributed by atoms with Crippen LogP contribution in [0, 0.1) is 11.7 Å². The number of ether oxygens (including phenoxy) is 1. The van der Waals surface area contributed by atoms with E-state index < -0.39 is 12.1 Å². The van der Waals surface area contributed by atoms with E-state index in [9.17, 15) is 19.1 Å². The van der Waals surface area contributed by atoms with Gasteiger partial charge in [0.15, 0.2) is 0 Å². The summed E-state index contributed by atoms with van der Waals surface area (Å²) < 4.78 is 19.6. The molecule has 1 N–H and O–H groups in total. The summed E-state index contributed by atoms with van der Waals surface area (Å²) in [5.74, 6) is -0.639. The third-order valence-corrected chi connectivity index (χ3v) is 6.03. The van der Waals surface area contributed by atoms with Gasteiger partial charge in [0, 0.05) is 31.3 Å². The van der Waals surface area contributed by atoms with Crippen LogP contribution in [0.15, 0.2) is 36.5 Å². The molecule has 0 aliphatic carbocycles. The number of carbonyl (C=O) groups is 2. The number of rotatable bonds is 7. The molecular formula is C25H33FN4O4. The molecule has 1 aromatic heterocycles. The van der Waals surface area contributed by atoms with Gasteiger partial charge in [-0.1, -0.05) is 19.1 Å². The summed E-state index contributed by atoms with van der Waals surface area (Å²) in [5, 5.41) is 9.79. The zero-order chi connectivity index (χ0) is 25.0. The largest absolute Gasteiger partial charge is 0.472 e. The minimum absolute atomic E-state index is 0.0423. The van der Waals surface area contributed by atoms with Crippen LogP contribution in [0.5, 0.6) is 5.88 Å². The standard InChI is InChI=1S/C25H33FN4O4/c1-16-12-30(17(2)15-31)25(33)21-10-19(18-6-8-20(26)9-7-18)11-27-24(21)34-22(16)13-29(5)23(32)14-28(3)4/h6-11,16-17,22,31H,12-15H2,1-5H3/t16-,17+,22+/m1/s1. The highest BCUT2D eigenvalue weighted by Gasteiger charge is 2.34. The number of nitrogens with zero attached hydrogens (tertiary/aromatic N) is 4. The zero-order valence-corrected chi connectivity index (χ0v) is 20.4. The average Bonchev–Trinajstić information content (AvgIpc) is 2.80. The third kappa shape index (κ3) is 5.90. The molecule has 184 valence electrons. The molecule has 3 atom stereocenters. The first kappa shape index (κ1) is 25.6.